The van der Waals surface area contributed by atoms with Crippen molar-refractivity contribution in [2.75, 3.05) is 13.1 Å². The topological polar surface area (TPSA) is 40.6 Å². The molecular formula is C21H25ClN2O2S2. The summed E-state index contributed by atoms with van der Waals surface area (Å²) in [7, 11) is 0. The number of halogens is 1. The Morgan fingerprint density at radius 3 is 2.89 bits per heavy atom. The van der Waals surface area contributed by atoms with Crippen LogP contribution in [-0.4, -0.2) is 45.1 Å². The van der Waals surface area contributed by atoms with Crippen molar-refractivity contribution in [3.05, 3.63) is 39.8 Å². The average Bonchev–Trinajstić information content (AvgIpc) is 2.97. The van der Waals surface area contributed by atoms with Gasteiger partial charge in [0, 0.05) is 30.6 Å². The lowest BCUT2D eigenvalue weighted by Gasteiger charge is -2.35. The number of thioether (sulfide) groups is 1. The van der Waals surface area contributed by atoms with Crippen molar-refractivity contribution in [2.24, 2.45) is 0 Å². The molecule has 1 atom stereocenters. The van der Waals surface area contributed by atoms with Crippen LogP contribution in [0.4, 0.5) is 0 Å². The van der Waals surface area contributed by atoms with Crippen LogP contribution in [0.3, 0.4) is 0 Å². The minimum absolute atomic E-state index is 0.105. The first-order valence-corrected chi connectivity index (χ1v) is 11.4. The van der Waals surface area contributed by atoms with E-state index in [0.29, 0.717) is 39.7 Å². The molecule has 2 amide bonds. The average molecular weight is 437 g/mol. The van der Waals surface area contributed by atoms with Gasteiger partial charge in [-0.05, 0) is 49.8 Å². The largest absolute Gasteiger partial charge is 0.340 e. The third-order valence-corrected chi connectivity index (χ3v) is 6.98. The lowest BCUT2D eigenvalue weighted by Crippen LogP contribution is -2.43. The molecule has 1 unspecified atom stereocenters. The Labute approximate surface area is 181 Å². The second-order valence-electron chi connectivity index (χ2n) is 7.10. The molecular weight excluding hydrogens is 412 g/mol. The first-order valence-electron chi connectivity index (χ1n) is 9.80. The van der Waals surface area contributed by atoms with E-state index < -0.39 is 0 Å². The van der Waals surface area contributed by atoms with Gasteiger partial charge in [0.25, 0.3) is 5.91 Å². The van der Waals surface area contributed by atoms with Crippen LogP contribution in [0.15, 0.2) is 29.2 Å². The van der Waals surface area contributed by atoms with Crippen LogP contribution in [-0.2, 0) is 9.59 Å². The molecule has 7 heteroatoms. The van der Waals surface area contributed by atoms with Crippen molar-refractivity contribution in [1.29, 1.82) is 0 Å². The molecule has 0 spiro atoms. The predicted molar refractivity (Wildman–Crippen MR) is 120 cm³/mol. The van der Waals surface area contributed by atoms with Crippen molar-refractivity contribution in [3.8, 4) is 0 Å². The van der Waals surface area contributed by atoms with Gasteiger partial charge in [-0.25, -0.2) is 0 Å². The molecule has 150 valence electrons. The Kier molecular flexibility index (Phi) is 7.55. The Bertz CT molecular complexity index is 796. The molecule has 2 aliphatic rings. The maximum atomic E-state index is 12.7. The van der Waals surface area contributed by atoms with Gasteiger partial charge in [0.2, 0.25) is 5.91 Å². The van der Waals surface area contributed by atoms with Gasteiger partial charge in [-0.1, -0.05) is 60.7 Å². The van der Waals surface area contributed by atoms with Gasteiger partial charge in [0.15, 0.2) is 0 Å². The summed E-state index contributed by atoms with van der Waals surface area (Å²) in [6.07, 6.45) is 7.26. The summed E-state index contributed by atoms with van der Waals surface area (Å²) in [5, 5.41) is 0.602. The van der Waals surface area contributed by atoms with Crippen LogP contribution in [0.1, 0.15) is 51.0 Å². The van der Waals surface area contributed by atoms with E-state index in [1.165, 1.54) is 18.2 Å². The number of carbonyl (C=O) groups is 2. The molecule has 0 aliphatic carbocycles. The normalized spacial score (nSPS) is 21.6. The molecule has 2 heterocycles. The minimum Gasteiger partial charge on any atom is -0.340 e. The number of hydrogen-bond acceptors (Lipinski definition) is 4. The van der Waals surface area contributed by atoms with Crippen LogP contribution in [0.25, 0.3) is 6.08 Å². The lowest BCUT2D eigenvalue weighted by atomic mass is 9.99. The van der Waals surface area contributed by atoms with E-state index in [2.05, 4.69) is 6.92 Å². The van der Waals surface area contributed by atoms with Crippen LogP contribution in [0.2, 0.25) is 5.02 Å². The molecule has 0 radical (unpaired) electrons. The van der Waals surface area contributed by atoms with Crippen LogP contribution in [0.5, 0.6) is 0 Å². The van der Waals surface area contributed by atoms with E-state index in [9.17, 15) is 9.59 Å². The highest BCUT2D eigenvalue weighted by Gasteiger charge is 2.32. The number of nitrogens with zero attached hydrogens (tertiary/aromatic N) is 2. The van der Waals surface area contributed by atoms with Crippen LogP contribution >= 0.6 is 35.6 Å². The highest BCUT2D eigenvalue weighted by atomic mass is 35.5. The maximum absolute atomic E-state index is 12.7. The Morgan fingerprint density at radius 1 is 1.36 bits per heavy atom. The van der Waals surface area contributed by atoms with E-state index in [4.69, 9.17) is 23.8 Å². The summed E-state index contributed by atoms with van der Waals surface area (Å²) < 4.78 is 0.542. The fraction of sp³-hybridized carbons (Fsp3) is 0.476. The standard InChI is InChI=1S/C21H25ClN2O2S2/c1-2-16-9-5-6-12-23(16)19(25)11-7-13-24-20(26)18(28-21(24)27)14-15-8-3-4-10-17(15)22/h3-4,8,10,14,16H,2,5-7,9,11-13H2,1H3. The fourth-order valence-electron chi connectivity index (χ4n) is 3.71. The summed E-state index contributed by atoms with van der Waals surface area (Å²) >= 11 is 12.9. The molecule has 0 bridgehead atoms. The molecule has 1 aromatic carbocycles. The smallest absolute Gasteiger partial charge is 0.266 e. The van der Waals surface area contributed by atoms with Gasteiger partial charge in [-0.2, -0.15) is 0 Å². The molecule has 2 saturated heterocycles. The van der Waals surface area contributed by atoms with Crippen LogP contribution in [0, 0.1) is 0 Å². The SMILES string of the molecule is CCC1CCCCN1C(=O)CCCN1C(=O)C(=Cc2ccccc2Cl)SC1=S. The van der Waals surface area contributed by atoms with Crippen molar-refractivity contribution in [2.45, 2.75) is 51.5 Å². The van der Waals surface area contributed by atoms with Crippen molar-refractivity contribution >= 4 is 57.8 Å². The summed E-state index contributed by atoms with van der Waals surface area (Å²) in [6.45, 7) is 3.47. The molecule has 0 N–H and O–H groups in total. The highest BCUT2D eigenvalue weighted by Crippen LogP contribution is 2.34. The number of rotatable bonds is 6. The quantitative estimate of drug-likeness (QED) is 0.458. The number of hydrogen-bond donors (Lipinski definition) is 0. The predicted octanol–water partition coefficient (Wildman–Crippen LogP) is 5.11. The van der Waals surface area contributed by atoms with Gasteiger partial charge >= 0.3 is 0 Å². The Balaban J connectivity index is 1.56. The third kappa shape index (κ3) is 4.97. The molecule has 0 aromatic heterocycles. The first kappa shape index (κ1) is 21.3. The van der Waals surface area contributed by atoms with Crippen molar-refractivity contribution in [3.63, 3.8) is 0 Å². The number of likely N-dealkylation sites (tertiary alicyclic amines) is 1. The molecule has 2 fully saturated rings. The Morgan fingerprint density at radius 2 is 2.14 bits per heavy atom. The molecule has 4 nitrogen and oxygen atoms in total. The summed E-state index contributed by atoms with van der Waals surface area (Å²) in [6, 6.07) is 7.78. The molecule has 28 heavy (non-hydrogen) atoms. The van der Waals surface area contributed by atoms with E-state index in [1.54, 1.807) is 17.0 Å². The van der Waals surface area contributed by atoms with Gasteiger partial charge in [0.05, 0.1) is 4.91 Å². The second kappa shape index (κ2) is 9.90. The molecule has 3 rings (SSSR count). The Hall–Kier alpha value is -1.37. The minimum atomic E-state index is -0.105. The number of piperidine rings is 1. The van der Waals surface area contributed by atoms with E-state index in [0.717, 1.165) is 31.4 Å². The highest BCUT2D eigenvalue weighted by molar-refractivity contribution is 8.26. The maximum Gasteiger partial charge on any atom is 0.266 e. The third-order valence-electron chi connectivity index (χ3n) is 5.26. The van der Waals surface area contributed by atoms with E-state index >= 15 is 0 Å². The van der Waals surface area contributed by atoms with Crippen LogP contribution < -0.4 is 0 Å². The second-order valence-corrected chi connectivity index (χ2v) is 9.19. The first-order chi connectivity index (χ1) is 13.5. The number of thiocarbonyl (C=S) groups is 1. The lowest BCUT2D eigenvalue weighted by molar-refractivity contribution is -0.135. The van der Waals surface area contributed by atoms with E-state index in [1.807, 2.05) is 23.1 Å². The molecule has 2 aliphatic heterocycles. The van der Waals surface area contributed by atoms with Gasteiger partial charge in [0.1, 0.15) is 4.32 Å². The summed E-state index contributed by atoms with van der Waals surface area (Å²) in [5.74, 6) is 0.0929. The van der Waals surface area contributed by atoms with Gasteiger partial charge < -0.3 is 4.90 Å². The number of amides is 2. The number of benzene rings is 1. The summed E-state index contributed by atoms with van der Waals surface area (Å²) in [4.78, 5) is 29.5. The zero-order valence-corrected chi connectivity index (χ0v) is 18.4. The zero-order chi connectivity index (χ0) is 20.1. The molecule has 0 saturated carbocycles. The van der Waals surface area contributed by atoms with Gasteiger partial charge in [-0.15, -0.1) is 0 Å². The monoisotopic (exact) mass is 436 g/mol. The fourth-order valence-corrected chi connectivity index (χ4v) is 5.20. The van der Waals surface area contributed by atoms with Gasteiger partial charge in [-0.3, -0.25) is 14.5 Å². The number of carbonyl (C=O) groups excluding carboxylic acids is 2. The zero-order valence-electron chi connectivity index (χ0n) is 16.0. The van der Waals surface area contributed by atoms with Crippen molar-refractivity contribution < 1.29 is 9.59 Å². The molecule has 1 aromatic rings. The summed E-state index contributed by atoms with van der Waals surface area (Å²) in [5.41, 5.74) is 0.801. The van der Waals surface area contributed by atoms with E-state index in [-0.39, 0.29) is 11.8 Å². The van der Waals surface area contributed by atoms with Crippen molar-refractivity contribution in [1.82, 2.24) is 9.80 Å².